The highest BCUT2D eigenvalue weighted by Gasteiger charge is 2.33. The first-order chi connectivity index (χ1) is 6.43. The van der Waals surface area contributed by atoms with Gasteiger partial charge in [-0.05, 0) is 32.1 Å². The molecule has 1 aliphatic carbocycles. The summed E-state index contributed by atoms with van der Waals surface area (Å²) in [5.74, 6) is 0.674. The second kappa shape index (κ2) is 4.33. The molecule has 1 N–H and O–H groups in total. The zero-order chi connectivity index (χ0) is 10.8. The molecule has 0 radical (unpaired) electrons. The van der Waals surface area contributed by atoms with Crippen LogP contribution in [-0.2, 0) is 4.79 Å². The Morgan fingerprint density at radius 1 is 1.36 bits per heavy atom. The van der Waals surface area contributed by atoms with Crippen LogP contribution in [0.3, 0.4) is 0 Å². The molecule has 82 valence electrons. The Morgan fingerprint density at radius 3 is 2.43 bits per heavy atom. The molecule has 1 rings (SSSR count). The zero-order valence-corrected chi connectivity index (χ0v) is 9.55. The standard InChI is InChI=1S/C12H22O2/c1-9-6-4-5-7-10(9)8-12(2,3)11(13)14/h9-10H,4-8H2,1-3H3,(H,13,14)/t9-,10+/m1/s1. The molecule has 1 fully saturated rings. The Labute approximate surface area is 86.7 Å². The van der Waals surface area contributed by atoms with Gasteiger partial charge in [-0.15, -0.1) is 0 Å². The smallest absolute Gasteiger partial charge is 0.309 e. The van der Waals surface area contributed by atoms with Crippen LogP contribution in [0.1, 0.15) is 52.9 Å². The number of aliphatic carboxylic acids is 1. The highest BCUT2D eigenvalue weighted by Crippen LogP contribution is 2.38. The van der Waals surface area contributed by atoms with Crippen molar-refractivity contribution >= 4 is 5.97 Å². The number of hydrogen-bond acceptors (Lipinski definition) is 1. The summed E-state index contributed by atoms with van der Waals surface area (Å²) >= 11 is 0. The van der Waals surface area contributed by atoms with Crippen molar-refractivity contribution < 1.29 is 9.90 Å². The second-order valence-corrected chi connectivity index (χ2v) is 5.41. The summed E-state index contributed by atoms with van der Waals surface area (Å²) in [6, 6.07) is 0. The van der Waals surface area contributed by atoms with Gasteiger partial charge in [-0.1, -0.05) is 32.6 Å². The molecular weight excluding hydrogens is 176 g/mol. The van der Waals surface area contributed by atoms with Gasteiger partial charge in [-0.3, -0.25) is 4.79 Å². The third kappa shape index (κ3) is 2.73. The van der Waals surface area contributed by atoms with Gasteiger partial charge in [-0.2, -0.15) is 0 Å². The second-order valence-electron chi connectivity index (χ2n) is 5.41. The number of rotatable bonds is 3. The van der Waals surface area contributed by atoms with E-state index < -0.39 is 11.4 Å². The van der Waals surface area contributed by atoms with E-state index in [-0.39, 0.29) is 0 Å². The topological polar surface area (TPSA) is 37.3 Å². The van der Waals surface area contributed by atoms with Gasteiger partial charge >= 0.3 is 5.97 Å². The lowest BCUT2D eigenvalue weighted by atomic mass is 9.72. The molecule has 2 atom stereocenters. The minimum absolute atomic E-state index is 0.545. The first-order valence-electron chi connectivity index (χ1n) is 5.67. The summed E-state index contributed by atoms with van der Waals surface area (Å²) in [5, 5.41) is 9.06. The van der Waals surface area contributed by atoms with Gasteiger partial charge in [0.15, 0.2) is 0 Å². The Morgan fingerprint density at radius 2 is 1.93 bits per heavy atom. The molecule has 0 heterocycles. The maximum absolute atomic E-state index is 11.0. The number of hydrogen-bond donors (Lipinski definition) is 1. The van der Waals surface area contributed by atoms with Gasteiger partial charge in [-0.25, -0.2) is 0 Å². The van der Waals surface area contributed by atoms with Gasteiger partial charge in [0.05, 0.1) is 5.41 Å². The Balaban J connectivity index is 2.53. The zero-order valence-electron chi connectivity index (χ0n) is 9.55. The van der Waals surface area contributed by atoms with Crippen LogP contribution in [-0.4, -0.2) is 11.1 Å². The highest BCUT2D eigenvalue weighted by molar-refractivity contribution is 5.73. The molecule has 2 nitrogen and oxygen atoms in total. The third-order valence-electron chi connectivity index (χ3n) is 3.64. The maximum Gasteiger partial charge on any atom is 0.309 e. The van der Waals surface area contributed by atoms with E-state index in [1.807, 2.05) is 13.8 Å². The molecule has 0 amide bonds. The van der Waals surface area contributed by atoms with E-state index in [2.05, 4.69) is 6.92 Å². The SMILES string of the molecule is C[C@@H]1CCCC[C@H]1CC(C)(C)C(=O)O. The summed E-state index contributed by atoms with van der Waals surface area (Å²) < 4.78 is 0. The van der Waals surface area contributed by atoms with E-state index in [0.717, 1.165) is 6.42 Å². The fraction of sp³-hybridized carbons (Fsp3) is 0.917. The molecule has 0 aromatic rings. The van der Waals surface area contributed by atoms with E-state index in [9.17, 15) is 4.79 Å². The Kier molecular flexibility index (Phi) is 3.57. The van der Waals surface area contributed by atoms with Gasteiger partial charge < -0.3 is 5.11 Å². The summed E-state index contributed by atoms with van der Waals surface area (Å²) in [4.78, 5) is 11.0. The van der Waals surface area contributed by atoms with Gasteiger partial charge in [0.2, 0.25) is 0 Å². The van der Waals surface area contributed by atoms with E-state index in [0.29, 0.717) is 11.8 Å². The quantitative estimate of drug-likeness (QED) is 0.755. The van der Waals surface area contributed by atoms with Crippen molar-refractivity contribution in [1.29, 1.82) is 0 Å². The van der Waals surface area contributed by atoms with Crippen molar-refractivity contribution in [3.05, 3.63) is 0 Å². The third-order valence-corrected chi connectivity index (χ3v) is 3.64. The largest absolute Gasteiger partial charge is 0.481 e. The maximum atomic E-state index is 11.0. The summed E-state index contributed by atoms with van der Waals surface area (Å²) in [6.07, 6.45) is 5.94. The van der Waals surface area contributed by atoms with Gasteiger partial charge in [0, 0.05) is 0 Å². The lowest BCUT2D eigenvalue weighted by molar-refractivity contribution is -0.148. The summed E-state index contributed by atoms with van der Waals surface area (Å²) in [6.45, 7) is 5.95. The first kappa shape index (κ1) is 11.5. The normalized spacial score (nSPS) is 28.8. The lowest BCUT2D eigenvalue weighted by Gasteiger charge is -2.33. The monoisotopic (exact) mass is 198 g/mol. The van der Waals surface area contributed by atoms with E-state index in [1.54, 1.807) is 0 Å². The Hall–Kier alpha value is -0.530. The average Bonchev–Trinajstić information content (AvgIpc) is 2.08. The van der Waals surface area contributed by atoms with Crippen LogP contribution in [0.2, 0.25) is 0 Å². The van der Waals surface area contributed by atoms with E-state index >= 15 is 0 Å². The molecule has 1 aliphatic rings. The molecule has 0 unspecified atom stereocenters. The van der Waals surface area contributed by atoms with E-state index in [1.165, 1.54) is 25.7 Å². The molecule has 0 aromatic heterocycles. The van der Waals surface area contributed by atoms with Gasteiger partial charge in [0.1, 0.15) is 0 Å². The molecule has 14 heavy (non-hydrogen) atoms. The molecule has 1 saturated carbocycles. The molecular formula is C12H22O2. The van der Waals surface area contributed by atoms with Crippen molar-refractivity contribution in [2.24, 2.45) is 17.3 Å². The fourth-order valence-electron chi connectivity index (χ4n) is 2.44. The highest BCUT2D eigenvalue weighted by atomic mass is 16.4. The molecule has 0 saturated heterocycles. The Bertz CT molecular complexity index is 208. The van der Waals surface area contributed by atoms with Crippen LogP contribution in [0.15, 0.2) is 0 Å². The first-order valence-corrected chi connectivity index (χ1v) is 5.67. The molecule has 0 bridgehead atoms. The molecule has 0 aromatic carbocycles. The van der Waals surface area contributed by atoms with Crippen LogP contribution >= 0.6 is 0 Å². The summed E-state index contributed by atoms with van der Waals surface area (Å²) in [5.41, 5.74) is -0.545. The minimum atomic E-state index is -0.657. The van der Waals surface area contributed by atoms with Crippen molar-refractivity contribution in [2.45, 2.75) is 52.9 Å². The predicted molar refractivity (Wildman–Crippen MR) is 57.2 cm³/mol. The lowest BCUT2D eigenvalue weighted by Crippen LogP contribution is -2.30. The number of carboxylic acids is 1. The van der Waals surface area contributed by atoms with Crippen molar-refractivity contribution in [3.8, 4) is 0 Å². The fourth-order valence-corrected chi connectivity index (χ4v) is 2.44. The van der Waals surface area contributed by atoms with Gasteiger partial charge in [0.25, 0.3) is 0 Å². The van der Waals surface area contributed by atoms with Crippen LogP contribution < -0.4 is 0 Å². The average molecular weight is 198 g/mol. The molecule has 2 heteroatoms. The van der Waals surface area contributed by atoms with Crippen LogP contribution in [0, 0.1) is 17.3 Å². The predicted octanol–water partition coefficient (Wildman–Crippen LogP) is 3.31. The minimum Gasteiger partial charge on any atom is -0.481 e. The molecule has 0 aliphatic heterocycles. The van der Waals surface area contributed by atoms with Crippen LogP contribution in [0.5, 0.6) is 0 Å². The van der Waals surface area contributed by atoms with Crippen LogP contribution in [0.25, 0.3) is 0 Å². The van der Waals surface area contributed by atoms with Crippen LogP contribution in [0.4, 0.5) is 0 Å². The molecule has 0 spiro atoms. The van der Waals surface area contributed by atoms with Crippen molar-refractivity contribution in [1.82, 2.24) is 0 Å². The van der Waals surface area contributed by atoms with E-state index in [4.69, 9.17) is 5.11 Å². The van der Waals surface area contributed by atoms with Crippen molar-refractivity contribution in [3.63, 3.8) is 0 Å². The summed E-state index contributed by atoms with van der Waals surface area (Å²) in [7, 11) is 0. The number of carbonyl (C=O) groups is 1. The number of carboxylic acid groups (broad SMARTS) is 1. The van der Waals surface area contributed by atoms with Crippen molar-refractivity contribution in [2.75, 3.05) is 0 Å².